The molecule has 0 radical (unpaired) electrons. The predicted octanol–water partition coefficient (Wildman–Crippen LogP) is 3.05. The van der Waals surface area contributed by atoms with Gasteiger partial charge in [-0.1, -0.05) is 0 Å². The highest BCUT2D eigenvalue weighted by molar-refractivity contribution is 5.61. The first-order chi connectivity index (χ1) is 10.4. The zero-order valence-electron chi connectivity index (χ0n) is 11.4. The molecule has 3 rings (SSSR count). The highest BCUT2D eigenvalue weighted by Gasteiger charge is 2.33. The van der Waals surface area contributed by atoms with Crippen LogP contribution < -0.4 is 0 Å². The Labute approximate surface area is 123 Å². The maximum absolute atomic E-state index is 12.7. The van der Waals surface area contributed by atoms with Crippen LogP contribution in [0.5, 0.6) is 0 Å². The van der Waals surface area contributed by atoms with E-state index in [1.807, 2.05) is 0 Å². The maximum atomic E-state index is 12.7. The van der Waals surface area contributed by atoms with Crippen LogP contribution >= 0.6 is 0 Å². The summed E-state index contributed by atoms with van der Waals surface area (Å²) in [5.41, 5.74) is 0.982. The number of aryl methyl sites for hydroxylation is 1. The van der Waals surface area contributed by atoms with E-state index >= 15 is 0 Å². The Morgan fingerprint density at radius 1 is 1.18 bits per heavy atom. The summed E-state index contributed by atoms with van der Waals surface area (Å²) in [6.45, 7) is 1.71. The van der Waals surface area contributed by atoms with E-state index in [-0.39, 0.29) is 5.69 Å². The van der Waals surface area contributed by atoms with Crippen LogP contribution in [0.3, 0.4) is 0 Å². The summed E-state index contributed by atoms with van der Waals surface area (Å²) in [6.07, 6.45) is 1.25. The van der Waals surface area contributed by atoms with E-state index in [4.69, 9.17) is 0 Å². The fourth-order valence-electron chi connectivity index (χ4n) is 1.99. The van der Waals surface area contributed by atoms with E-state index in [2.05, 4.69) is 20.1 Å². The first-order valence-corrected chi connectivity index (χ1v) is 6.31. The third-order valence-corrected chi connectivity index (χ3v) is 3.04. The molecule has 112 valence electrons. The molecule has 0 saturated carbocycles. The number of pyridine rings is 1. The first-order valence-electron chi connectivity index (χ1n) is 6.31. The van der Waals surface area contributed by atoms with E-state index in [9.17, 15) is 13.2 Å². The standard InChI is InChI=1S/C14H10F3N5/c1-9-11(7-22(21-9)10-3-2-4-18-6-10)12-5-13(14(15,16)17)20-8-19-12/h2-8H,1H3. The van der Waals surface area contributed by atoms with Gasteiger partial charge in [-0.2, -0.15) is 18.3 Å². The van der Waals surface area contributed by atoms with E-state index in [1.54, 1.807) is 42.3 Å². The number of hydrogen-bond donors (Lipinski definition) is 0. The van der Waals surface area contributed by atoms with Gasteiger partial charge < -0.3 is 0 Å². The molecule has 3 aromatic heterocycles. The van der Waals surface area contributed by atoms with Gasteiger partial charge in [0.1, 0.15) is 12.0 Å². The lowest BCUT2D eigenvalue weighted by Crippen LogP contribution is -2.08. The molecule has 0 atom stereocenters. The number of nitrogens with zero attached hydrogens (tertiary/aromatic N) is 5. The van der Waals surface area contributed by atoms with Crippen molar-refractivity contribution in [2.75, 3.05) is 0 Å². The minimum absolute atomic E-state index is 0.176. The molecule has 0 bridgehead atoms. The topological polar surface area (TPSA) is 56.5 Å². The Bertz CT molecular complexity index is 796. The normalized spacial score (nSPS) is 11.6. The van der Waals surface area contributed by atoms with Gasteiger partial charge in [-0.05, 0) is 25.1 Å². The van der Waals surface area contributed by atoms with Gasteiger partial charge in [0.25, 0.3) is 0 Å². The van der Waals surface area contributed by atoms with Crippen molar-refractivity contribution in [2.45, 2.75) is 13.1 Å². The number of halogens is 3. The minimum atomic E-state index is -4.51. The van der Waals surface area contributed by atoms with E-state index < -0.39 is 11.9 Å². The molecule has 22 heavy (non-hydrogen) atoms. The quantitative estimate of drug-likeness (QED) is 0.730. The molecule has 0 fully saturated rings. The molecule has 0 unspecified atom stereocenters. The second-order valence-corrected chi connectivity index (χ2v) is 4.57. The van der Waals surface area contributed by atoms with Gasteiger partial charge in [-0.25, -0.2) is 14.6 Å². The summed E-state index contributed by atoms with van der Waals surface area (Å²) < 4.78 is 39.8. The zero-order chi connectivity index (χ0) is 15.7. The molecule has 0 aliphatic rings. The second kappa shape index (κ2) is 5.21. The van der Waals surface area contributed by atoms with Crippen LogP contribution in [0.25, 0.3) is 16.9 Å². The lowest BCUT2D eigenvalue weighted by atomic mass is 10.1. The van der Waals surface area contributed by atoms with Crippen molar-refractivity contribution in [1.82, 2.24) is 24.7 Å². The molecule has 8 heteroatoms. The van der Waals surface area contributed by atoms with Crippen LogP contribution in [0, 0.1) is 6.92 Å². The van der Waals surface area contributed by atoms with Crippen molar-refractivity contribution in [1.29, 1.82) is 0 Å². The Hall–Kier alpha value is -2.77. The van der Waals surface area contributed by atoms with Crippen molar-refractivity contribution in [2.24, 2.45) is 0 Å². The van der Waals surface area contributed by atoms with Gasteiger partial charge in [0.05, 0.1) is 23.3 Å². The average molecular weight is 305 g/mol. The zero-order valence-corrected chi connectivity index (χ0v) is 11.4. The second-order valence-electron chi connectivity index (χ2n) is 4.57. The van der Waals surface area contributed by atoms with Gasteiger partial charge in [-0.3, -0.25) is 4.98 Å². The van der Waals surface area contributed by atoms with Gasteiger partial charge >= 0.3 is 6.18 Å². The SMILES string of the molecule is Cc1nn(-c2cccnc2)cc1-c1cc(C(F)(F)F)ncn1. The Kier molecular flexibility index (Phi) is 3.36. The number of alkyl halides is 3. The van der Waals surface area contributed by atoms with Crippen LogP contribution in [-0.4, -0.2) is 24.7 Å². The summed E-state index contributed by atoms with van der Waals surface area (Å²) >= 11 is 0. The van der Waals surface area contributed by atoms with Crippen molar-refractivity contribution in [3.05, 3.63) is 54.5 Å². The molecule has 0 aromatic carbocycles. The summed E-state index contributed by atoms with van der Waals surface area (Å²) in [6, 6.07) is 4.46. The van der Waals surface area contributed by atoms with Crippen LogP contribution in [0.2, 0.25) is 0 Å². The molecule has 0 amide bonds. The van der Waals surface area contributed by atoms with Crippen molar-refractivity contribution < 1.29 is 13.2 Å². The fraction of sp³-hybridized carbons (Fsp3) is 0.143. The Balaban J connectivity index is 2.05. The first kappa shape index (κ1) is 14.2. The number of aromatic nitrogens is 5. The van der Waals surface area contributed by atoms with Gasteiger partial charge in [-0.15, -0.1) is 0 Å². The molecular formula is C14H10F3N5. The molecule has 0 aliphatic carbocycles. The van der Waals surface area contributed by atoms with Gasteiger partial charge in [0.15, 0.2) is 0 Å². The minimum Gasteiger partial charge on any atom is -0.262 e. The van der Waals surface area contributed by atoms with Crippen LogP contribution in [0.1, 0.15) is 11.4 Å². The number of rotatable bonds is 2. The lowest BCUT2D eigenvalue weighted by Gasteiger charge is -2.06. The highest BCUT2D eigenvalue weighted by Crippen LogP contribution is 2.30. The monoisotopic (exact) mass is 305 g/mol. The summed E-state index contributed by atoms with van der Waals surface area (Å²) in [4.78, 5) is 11.2. The fourth-order valence-corrected chi connectivity index (χ4v) is 1.99. The Morgan fingerprint density at radius 2 is 2.00 bits per heavy atom. The van der Waals surface area contributed by atoms with Crippen LogP contribution in [0.4, 0.5) is 13.2 Å². The molecule has 3 aromatic rings. The molecule has 5 nitrogen and oxygen atoms in total. The van der Waals surface area contributed by atoms with Crippen molar-refractivity contribution in [3.63, 3.8) is 0 Å². The summed E-state index contributed by atoms with van der Waals surface area (Å²) in [5, 5.41) is 4.28. The van der Waals surface area contributed by atoms with Crippen molar-refractivity contribution in [3.8, 4) is 16.9 Å². The van der Waals surface area contributed by atoms with Crippen molar-refractivity contribution >= 4 is 0 Å². The average Bonchev–Trinajstić information content (AvgIpc) is 2.89. The highest BCUT2D eigenvalue weighted by atomic mass is 19.4. The van der Waals surface area contributed by atoms with E-state index in [0.717, 1.165) is 12.4 Å². The molecule has 3 heterocycles. The molecular weight excluding hydrogens is 295 g/mol. The third kappa shape index (κ3) is 2.67. The number of hydrogen-bond acceptors (Lipinski definition) is 4. The summed E-state index contributed by atoms with van der Waals surface area (Å²) in [7, 11) is 0. The lowest BCUT2D eigenvalue weighted by molar-refractivity contribution is -0.141. The Morgan fingerprint density at radius 3 is 2.68 bits per heavy atom. The molecule has 0 saturated heterocycles. The van der Waals surface area contributed by atoms with Crippen LogP contribution in [0.15, 0.2) is 43.1 Å². The maximum Gasteiger partial charge on any atom is 0.433 e. The third-order valence-electron chi connectivity index (χ3n) is 3.04. The van der Waals surface area contributed by atoms with Gasteiger partial charge in [0, 0.05) is 18.0 Å². The molecule has 0 aliphatic heterocycles. The molecule has 0 N–H and O–H groups in total. The van der Waals surface area contributed by atoms with E-state index in [0.29, 0.717) is 16.9 Å². The summed E-state index contributed by atoms with van der Waals surface area (Å²) in [5.74, 6) is 0. The van der Waals surface area contributed by atoms with E-state index in [1.165, 1.54) is 0 Å². The van der Waals surface area contributed by atoms with Gasteiger partial charge in [0.2, 0.25) is 0 Å². The molecule has 0 spiro atoms. The largest absolute Gasteiger partial charge is 0.433 e. The smallest absolute Gasteiger partial charge is 0.262 e. The van der Waals surface area contributed by atoms with Crippen LogP contribution in [-0.2, 0) is 6.18 Å². The predicted molar refractivity (Wildman–Crippen MR) is 72.1 cm³/mol.